The molecule has 0 fully saturated rings. The predicted octanol–water partition coefficient (Wildman–Crippen LogP) is 5.57. The van der Waals surface area contributed by atoms with Gasteiger partial charge in [-0.2, -0.15) is 0 Å². The zero-order valence-corrected chi connectivity index (χ0v) is 14.5. The van der Waals surface area contributed by atoms with E-state index in [-0.39, 0.29) is 0 Å². The molecule has 5 heteroatoms. The Morgan fingerprint density at radius 2 is 1.87 bits per heavy atom. The number of rotatable bonds is 8. The van der Waals surface area contributed by atoms with Gasteiger partial charge >= 0.3 is 0 Å². The molecule has 0 unspecified atom stereocenters. The molecule has 2 aromatic rings. The van der Waals surface area contributed by atoms with Crippen molar-refractivity contribution in [3.05, 3.63) is 64.7 Å². The number of benzene rings is 2. The van der Waals surface area contributed by atoms with Gasteiger partial charge in [0.25, 0.3) is 0 Å². The molecule has 0 saturated carbocycles. The van der Waals surface area contributed by atoms with E-state index in [2.05, 4.69) is 11.9 Å². The molecule has 0 spiro atoms. The molecule has 0 atom stereocenters. The highest BCUT2D eigenvalue weighted by atomic mass is 35.5. The van der Waals surface area contributed by atoms with Crippen LogP contribution in [0, 0.1) is 0 Å². The number of ether oxygens (including phenoxy) is 2. The van der Waals surface area contributed by atoms with Crippen LogP contribution in [0.15, 0.2) is 49.1 Å². The molecule has 0 aromatic heterocycles. The summed E-state index contributed by atoms with van der Waals surface area (Å²) in [4.78, 5) is 0. The molecule has 2 rings (SSSR count). The summed E-state index contributed by atoms with van der Waals surface area (Å²) < 4.78 is 11.1. The van der Waals surface area contributed by atoms with Crippen molar-refractivity contribution in [2.45, 2.75) is 13.5 Å². The number of anilines is 1. The third-order valence-electron chi connectivity index (χ3n) is 3.08. The van der Waals surface area contributed by atoms with E-state index in [1.807, 2.05) is 37.3 Å². The van der Waals surface area contributed by atoms with Crippen LogP contribution in [-0.4, -0.2) is 13.2 Å². The van der Waals surface area contributed by atoms with E-state index >= 15 is 0 Å². The van der Waals surface area contributed by atoms with Crippen molar-refractivity contribution in [2.75, 3.05) is 18.5 Å². The lowest BCUT2D eigenvalue weighted by molar-refractivity contribution is 0.340. The van der Waals surface area contributed by atoms with Crippen LogP contribution >= 0.6 is 23.2 Å². The van der Waals surface area contributed by atoms with Crippen molar-refractivity contribution >= 4 is 28.9 Å². The summed E-state index contributed by atoms with van der Waals surface area (Å²) in [5, 5.41) is 4.39. The lowest BCUT2D eigenvalue weighted by Gasteiger charge is -2.14. The fourth-order valence-corrected chi connectivity index (χ4v) is 2.67. The Hall–Kier alpha value is -1.84. The second-order valence-electron chi connectivity index (χ2n) is 4.79. The summed E-state index contributed by atoms with van der Waals surface area (Å²) in [7, 11) is 0. The minimum absolute atomic E-state index is 0.386. The van der Waals surface area contributed by atoms with Gasteiger partial charge in [0.15, 0.2) is 0 Å². The largest absolute Gasteiger partial charge is 0.494 e. The molecular weight excluding hydrogens is 333 g/mol. The number of hydrogen-bond acceptors (Lipinski definition) is 3. The van der Waals surface area contributed by atoms with E-state index in [4.69, 9.17) is 32.7 Å². The van der Waals surface area contributed by atoms with Gasteiger partial charge in [0, 0.05) is 22.8 Å². The first-order valence-electron chi connectivity index (χ1n) is 7.32. The summed E-state index contributed by atoms with van der Waals surface area (Å²) in [5.41, 5.74) is 1.86. The quantitative estimate of drug-likeness (QED) is 0.630. The Balaban J connectivity index is 2.10. The van der Waals surface area contributed by atoms with Gasteiger partial charge in [0.05, 0.1) is 11.6 Å². The van der Waals surface area contributed by atoms with Crippen LogP contribution in [0.3, 0.4) is 0 Å². The smallest absolute Gasteiger partial charge is 0.143 e. The highest BCUT2D eigenvalue weighted by molar-refractivity contribution is 6.35. The van der Waals surface area contributed by atoms with Crippen LogP contribution in [0.25, 0.3) is 0 Å². The summed E-state index contributed by atoms with van der Waals surface area (Å²) in [5.74, 6) is 1.47. The Morgan fingerprint density at radius 3 is 2.52 bits per heavy atom. The van der Waals surface area contributed by atoms with Gasteiger partial charge in [-0.15, -0.1) is 0 Å². The van der Waals surface area contributed by atoms with E-state index in [1.165, 1.54) is 0 Å². The molecule has 122 valence electrons. The fraction of sp³-hybridized carbons (Fsp3) is 0.222. The van der Waals surface area contributed by atoms with Gasteiger partial charge < -0.3 is 14.8 Å². The van der Waals surface area contributed by atoms with Crippen molar-refractivity contribution in [3.8, 4) is 11.5 Å². The van der Waals surface area contributed by atoms with Crippen molar-refractivity contribution < 1.29 is 9.47 Å². The number of halogens is 2. The minimum atomic E-state index is 0.386. The zero-order valence-electron chi connectivity index (χ0n) is 12.9. The van der Waals surface area contributed by atoms with E-state index in [0.717, 1.165) is 17.0 Å². The first-order chi connectivity index (χ1) is 11.1. The van der Waals surface area contributed by atoms with Crippen LogP contribution in [0.4, 0.5) is 5.69 Å². The molecule has 0 aliphatic rings. The van der Waals surface area contributed by atoms with Gasteiger partial charge in [-0.3, -0.25) is 0 Å². The summed E-state index contributed by atoms with van der Waals surface area (Å²) in [6, 6.07) is 11.3. The zero-order chi connectivity index (χ0) is 16.7. The molecule has 0 bridgehead atoms. The number of hydrogen-bond donors (Lipinski definition) is 1. The molecule has 23 heavy (non-hydrogen) atoms. The molecule has 1 N–H and O–H groups in total. The second-order valence-corrected chi connectivity index (χ2v) is 5.63. The molecule has 3 nitrogen and oxygen atoms in total. The van der Waals surface area contributed by atoms with Gasteiger partial charge in [0.1, 0.15) is 18.1 Å². The third-order valence-corrected chi connectivity index (χ3v) is 3.58. The molecule has 2 aromatic carbocycles. The predicted molar refractivity (Wildman–Crippen MR) is 97.1 cm³/mol. The van der Waals surface area contributed by atoms with Crippen LogP contribution < -0.4 is 14.8 Å². The van der Waals surface area contributed by atoms with E-state index in [0.29, 0.717) is 35.6 Å². The van der Waals surface area contributed by atoms with Gasteiger partial charge in [-0.05, 0) is 43.3 Å². The second kappa shape index (κ2) is 8.70. The monoisotopic (exact) mass is 351 g/mol. The van der Waals surface area contributed by atoms with Gasteiger partial charge in [0.2, 0.25) is 0 Å². The standard InChI is InChI=1S/C18H19Cl2NO2/c1-3-9-23-18-13(10-14(19)11-17(18)20)12-21-15-5-7-16(8-6-15)22-4-2/h3,5-8,10-11,21H,1,4,9,12H2,2H3. The van der Waals surface area contributed by atoms with Crippen LogP contribution in [-0.2, 0) is 6.54 Å². The molecule has 0 amide bonds. The minimum Gasteiger partial charge on any atom is -0.494 e. The van der Waals surface area contributed by atoms with Crippen molar-refractivity contribution in [2.24, 2.45) is 0 Å². The van der Waals surface area contributed by atoms with Gasteiger partial charge in [-0.1, -0.05) is 35.9 Å². The average molecular weight is 352 g/mol. The van der Waals surface area contributed by atoms with Crippen molar-refractivity contribution in [3.63, 3.8) is 0 Å². The van der Waals surface area contributed by atoms with E-state index in [9.17, 15) is 0 Å². The number of nitrogens with one attached hydrogen (secondary N) is 1. The van der Waals surface area contributed by atoms with Crippen LogP contribution in [0.5, 0.6) is 11.5 Å². The Labute approximate surface area is 146 Å². The Bertz CT molecular complexity index is 657. The van der Waals surface area contributed by atoms with E-state index < -0.39 is 0 Å². The average Bonchev–Trinajstić information content (AvgIpc) is 2.53. The SMILES string of the molecule is C=CCOc1c(Cl)cc(Cl)cc1CNc1ccc(OCC)cc1. The van der Waals surface area contributed by atoms with Crippen molar-refractivity contribution in [1.29, 1.82) is 0 Å². The topological polar surface area (TPSA) is 30.5 Å². The maximum atomic E-state index is 6.22. The Morgan fingerprint density at radius 1 is 1.13 bits per heavy atom. The molecule has 0 radical (unpaired) electrons. The molecular formula is C18H19Cl2NO2. The highest BCUT2D eigenvalue weighted by Gasteiger charge is 2.10. The lowest BCUT2D eigenvalue weighted by atomic mass is 10.2. The lowest BCUT2D eigenvalue weighted by Crippen LogP contribution is -2.04. The molecule has 0 aliphatic heterocycles. The first kappa shape index (κ1) is 17.5. The van der Waals surface area contributed by atoms with Gasteiger partial charge in [-0.25, -0.2) is 0 Å². The van der Waals surface area contributed by atoms with E-state index in [1.54, 1.807) is 12.1 Å². The molecule has 0 saturated heterocycles. The molecule has 0 heterocycles. The maximum Gasteiger partial charge on any atom is 0.143 e. The van der Waals surface area contributed by atoms with Crippen molar-refractivity contribution in [1.82, 2.24) is 0 Å². The maximum absolute atomic E-state index is 6.22. The van der Waals surface area contributed by atoms with Crippen LogP contribution in [0.1, 0.15) is 12.5 Å². The summed E-state index contributed by atoms with van der Waals surface area (Å²) >= 11 is 12.3. The first-order valence-corrected chi connectivity index (χ1v) is 8.08. The summed E-state index contributed by atoms with van der Waals surface area (Å²) in [6.07, 6.45) is 1.68. The fourth-order valence-electron chi connectivity index (χ4n) is 2.08. The third kappa shape index (κ3) is 5.08. The highest BCUT2D eigenvalue weighted by Crippen LogP contribution is 2.33. The van der Waals surface area contributed by atoms with Crippen LogP contribution in [0.2, 0.25) is 10.0 Å². The Kier molecular flexibility index (Phi) is 6.63. The normalized spacial score (nSPS) is 10.2. The molecule has 0 aliphatic carbocycles. The summed E-state index contributed by atoms with van der Waals surface area (Å²) in [6.45, 7) is 7.19.